The Hall–Kier alpha value is -3.85. The van der Waals surface area contributed by atoms with Crippen molar-refractivity contribution in [2.45, 2.75) is 0 Å². The summed E-state index contributed by atoms with van der Waals surface area (Å²) in [5.74, 6) is 0. The van der Waals surface area contributed by atoms with E-state index >= 15 is 0 Å². The number of pyridine rings is 1. The number of aromatic nitrogens is 2. The number of rotatable bonds is 0. The van der Waals surface area contributed by atoms with E-state index in [2.05, 4.69) is 52.9 Å². The molecule has 0 saturated heterocycles. The molecule has 0 amide bonds. The topological polar surface area (TPSA) is 25.9 Å². The van der Waals surface area contributed by atoms with Crippen LogP contribution in [0.5, 0.6) is 0 Å². The highest BCUT2D eigenvalue weighted by molar-refractivity contribution is 6.23. The van der Waals surface area contributed by atoms with Crippen LogP contribution in [0.2, 0.25) is 0 Å². The number of hydrogen-bond donors (Lipinski definition) is 0. The van der Waals surface area contributed by atoms with Gasteiger partial charge in [0.2, 0.25) is 0 Å². The molecule has 0 atom stereocenters. The Morgan fingerprint density at radius 1 is 0.429 bits per heavy atom. The molecule has 28 heavy (non-hydrogen) atoms. The van der Waals surface area contributed by atoms with Crippen molar-refractivity contribution in [2.24, 2.45) is 0 Å². The van der Waals surface area contributed by atoms with Crippen LogP contribution in [-0.4, -0.2) is 8.80 Å². The molecule has 0 bridgehead atoms. The summed E-state index contributed by atoms with van der Waals surface area (Å²) < 4.78 is 4.23. The van der Waals surface area contributed by atoms with Crippen LogP contribution in [0.4, 0.5) is 0 Å². The molecule has 7 aromatic rings. The molecule has 3 aromatic heterocycles. The van der Waals surface area contributed by atoms with E-state index in [1.165, 1.54) is 16.3 Å². The minimum absolute atomic E-state index is 0.0413. The van der Waals surface area contributed by atoms with Gasteiger partial charge in [-0.25, -0.2) is 0 Å². The normalized spacial score (nSPS) is 12.4. The second-order valence-electron chi connectivity index (χ2n) is 7.39. The van der Waals surface area contributed by atoms with E-state index in [1.54, 1.807) is 0 Å². The van der Waals surface area contributed by atoms with E-state index in [4.69, 9.17) is 0 Å². The number of nitrogens with zero attached hydrogens (tertiary/aromatic N) is 2. The second kappa shape index (κ2) is 4.70. The summed E-state index contributed by atoms with van der Waals surface area (Å²) in [6.45, 7) is 0. The average molecular weight is 358 g/mol. The Morgan fingerprint density at radius 3 is 1.68 bits per heavy atom. The van der Waals surface area contributed by atoms with E-state index in [0.717, 1.165) is 38.2 Å². The third-order valence-corrected chi connectivity index (χ3v) is 6.05. The lowest BCUT2D eigenvalue weighted by molar-refractivity contribution is 1.16. The largest absolute Gasteiger partial charge is 0.305 e. The van der Waals surface area contributed by atoms with Crippen LogP contribution in [0.15, 0.2) is 89.7 Å². The van der Waals surface area contributed by atoms with Gasteiger partial charge >= 0.3 is 0 Å². The summed E-state index contributed by atoms with van der Waals surface area (Å²) in [4.78, 5) is 13.6. The van der Waals surface area contributed by atoms with Crippen molar-refractivity contribution < 1.29 is 0 Å². The molecule has 3 nitrogen and oxygen atoms in total. The maximum absolute atomic E-state index is 13.6. The molecule has 0 aliphatic carbocycles. The van der Waals surface area contributed by atoms with Crippen LogP contribution in [0, 0.1) is 0 Å². The van der Waals surface area contributed by atoms with Gasteiger partial charge in [-0.15, -0.1) is 0 Å². The fourth-order valence-electron chi connectivity index (χ4n) is 4.93. The third kappa shape index (κ3) is 1.47. The van der Waals surface area contributed by atoms with Crippen LogP contribution in [-0.2, 0) is 0 Å². The maximum Gasteiger partial charge on any atom is 0.263 e. The standard InChI is InChI=1S/C25H14N2O/c28-25-19-9-2-1-7-15(19)17-13-14-18-16-8-3-4-10-20(16)26-21-11-5-6-12-22(21)27(25)24(17)23(18)26/h1-14H. The van der Waals surface area contributed by atoms with Crippen molar-refractivity contribution in [3.63, 3.8) is 0 Å². The molecule has 3 heteroatoms. The van der Waals surface area contributed by atoms with Crippen molar-refractivity contribution >= 4 is 54.5 Å². The molecule has 0 unspecified atom stereocenters. The molecule has 0 aliphatic rings. The lowest BCUT2D eigenvalue weighted by Crippen LogP contribution is -2.16. The number of fused-ring (bicyclic) bond motifs is 8. The van der Waals surface area contributed by atoms with Gasteiger partial charge in [0.05, 0.1) is 27.6 Å². The molecule has 0 radical (unpaired) electrons. The molecule has 0 aliphatic heterocycles. The van der Waals surface area contributed by atoms with Crippen LogP contribution in [0.3, 0.4) is 0 Å². The predicted octanol–water partition coefficient (Wildman–Crippen LogP) is 5.60. The summed E-state index contributed by atoms with van der Waals surface area (Å²) in [5, 5.41) is 5.27. The quantitative estimate of drug-likeness (QED) is 0.256. The fraction of sp³-hybridized carbons (Fsp3) is 0. The van der Waals surface area contributed by atoms with E-state index < -0.39 is 0 Å². The first kappa shape index (κ1) is 14.2. The molecule has 3 heterocycles. The van der Waals surface area contributed by atoms with Gasteiger partial charge in [-0.1, -0.05) is 60.7 Å². The lowest BCUT2D eigenvalue weighted by Gasteiger charge is -2.15. The highest BCUT2D eigenvalue weighted by Gasteiger charge is 2.20. The van der Waals surface area contributed by atoms with Gasteiger partial charge in [0.25, 0.3) is 5.56 Å². The molecule has 4 aromatic carbocycles. The molecule has 0 fully saturated rings. The number of benzene rings is 4. The number of para-hydroxylation sites is 3. The Morgan fingerprint density at radius 2 is 0.929 bits per heavy atom. The summed E-state index contributed by atoms with van der Waals surface area (Å²) in [7, 11) is 0. The van der Waals surface area contributed by atoms with Gasteiger partial charge < -0.3 is 4.40 Å². The SMILES string of the molecule is O=c1c2ccccc2c2ccc3c4ccccc4n4c5ccccc5n1c2c34. The summed E-state index contributed by atoms with van der Waals surface area (Å²) in [5.41, 5.74) is 5.30. The minimum Gasteiger partial charge on any atom is -0.305 e. The average Bonchev–Trinajstić information content (AvgIpc) is 3.10. The highest BCUT2D eigenvalue weighted by Crippen LogP contribution is 2.38. The molecule has 0 N–H and O–H groups in total. The first-order valence-corrected chi connectivity index (χ1v) is 9.44. The van der Waals surface area contributed by atoms with Crippen LogP contribution >= 0.6 is 0 Å². The Bertz CT molecular complexity index is 1790. The maximum atomic E-state index is 13.6. The Labute approximate surface area is 159 Å². The molecule has 0 saturated carbocycles. The van der Waals surface area contributed by atoms with Gasteiger partial charge in [-0.05, 0) is 29.7 Å². The van der Waals surface area contributed by atoms with Gasteiger partial charge in [-0.3, -0.25) is 9.20 Å². The first-order chi connectivity index (χ1) is 13.8. The van der Waals surface area contributed by atoms with E-state index in [9.17, 15) is 4.79 Å². The van der Waals surface area contributed by atoms with Crippen molar-refractivity contribution in [2.75, 3.05) is 0 Å². The summed E-state index contributed by atoms with van der Waals surface area (Å²) in [6.07, 6.45) is 0. The molecule has 130 valence electrons. The molecular weight excluding hydrogens is 344 g/mol. The zero-order chi connectivity index (χ0) is 18.4. The smallest absolute Gasteiger partial charge is 0.263 e. The second-order valence-corrected chi connectivity index (χ2v) is 7.39. The zero-order valence-corrected chi connectivity index (χ0v) is 14.9. The Balaban J connectivity index is 2.03. The number of hydrogen-bond acceptors (Lipinski definition) is 1. The van der Waals surface area contributed by atoms with Gasteiger partial charge in [0.1, 0.15) is 0 Å². The van der Waals surface area contributed by atoms with Gasteiger partial charge in [0, 0.05) is 21.5 Å². The minimum atomic E-state index is 0.0413. The predicted molar refractivity (Wildman–Crippen MR) is 116 cm³/mol. The van der Waals surface area contributed by atoms with Crippen molar-refractivity contribution in [1.82, 2.24) is 8.80 Å². The lowest BCUT2D eigenvalue weighted by atomic mass is 10.0. The van der Waals surface area contributed by atoms with Crippen LogP contribution in [0.25, 0.3) is 54.5 Å². The third-order valence-electron chi connectivity index (χ3n) is 6.05. The van der Waals surface area contributed by atoms with Crippen LogP contribution < -0.4 is 5.56 Å². The Kier molecular flexibility index (Phi) is 2.39. The highest BCUT2D eigenvalue weighted by atomic mass is 16.1. The van der Waals surface area contributed by atoms with Gasteiger partial charge in [0.15, 0.2) is 0 Å². The van der Waals surface area contributed by atoms with Crippen molar-refractivity contribution in [1.29, 1.82) is 0 Å². The van der Waals surface area contributed by atoms with Gasteiger partial charge in [-0.2, -0.15) is 0 Å². The van der Waals surface area contributed by atoms with Crippen molar-refractivity contribution in [3.8, 4) is 0 Å². The molecular formula is C25H14N2O. The van der Waals surface area contributed by atoms with E-state index in [-0.39, 0.29) is 5.56 Å². The van der Waals surface area contributed by atoms with E-state index in [0.29, 0.717) is 0 Å². The zero-order valence-electron chi connectivity index (χ0n) is 14.9. The molecule has 0 spiro atoms. The summed E-state index contributed by atoms with van der Waals surface area (Å²) >= 11 is 0. The monoisotopic (exact) mass is 358 g/mol. The van der Waals surface area contributed by atoms with E-state index in [1.807, 2.05) is 40.8 Å². The molecule has 7 rings (SSSR count). The first-order valence-electron chi connectivity index (χ1n) is 9.44. The fourth-order valence-corrected chi connectivity index (χ4v) is 4.93. The van der Waals surface area contributed by atoms with Crippen LogP contribution in [0.1, 0.15) is 0 Å². The summed E-state index contributed by atoms with van der Waals surface area (Å²) in [6, 6.07) is 29.0. The van der Waals surface area contributed by atoms with Crippen molar-refractivity contribution in [3.05, 3.63) is 95.3 Å².